The number of benzene rings is 4. The lowest BCUT2D eigenvalue weighted by atomic mass is 10.1. The van der Waals surface area contributed by atoms with Crippen LogP contribution in [0.4, 0.5) is 28.4 Å². The number of thioether (sulfide) groups is 1. The van der Waals surface area contributed by atoms with Crippen molar-refractivity contribution >= 4 is 93.4 Å². The minimum absolute atomic E-state index is 0. The first-order valence-electron chi connectivity index (χ1n) is 14.0. The number of nitrogens with zero attached hydrogens (tertiary/aromatic N) is 6. The minimum atomic E-state index is -5.09. The summed E-state index contributed by atoms with van der Waals surface area (Å²) >= 11 is 1.20. The number of hydrogen-bond acceptors (Lipinski definition) is 21. The number of rotatable bonds is 16. The highest BCUT2D eigenvalue weighted by molar-refractivity contribution is 8.04. The predicted molar refractivity (Wildman–Crippen MR) is 193 cm³/mol. The molecule has 0 aliphatic rings. The van der Waals surface area contributed by atoms with E-state index in [2.05, 4.69) is 49.6 Å². The Morgan fingerprint density at radius 1 is 0.909 bits per heavy atom. The molecule has 4 aromatic carbocycles. The van der Waals surface area contributed by atoms with E-state index < -0.39 is 52.4 Å². The zero-order valence-corrected chi connectivity index (χ0v) is 31.4. The van der Waals surface area contributed by atoms with Gasteiger partial charge in [0.25, 0.3) is 10.1 Å². The van der Waals surface area contributed by atoms with Crippen LogP contribution in [0.5, 0.6) is 5.75 Å². The van der Waals surface area contributed by atoms with Gasteiger partial charge in [-0.1, -0.05) is 11.1 Å². The summed E-state index contributed by atoms with van der Waals surface area (Å²) < 4.78 is 97.7. The lowest BCUT2D eigenvalue weighted by molar-refractivity contribution is -0.432. The number of nitroso groups, excluding NO2 is 1. The van der Waals surface area contributed by atoms with Crippen molar-refractivity contribution in [3.05, 3.63) is 65.6 Å². The SMILES string of the molecule is CN(CCS(=O)(=O)c1ccc(N=Nc2c(S(=O)(=O)O)cc3cc(SOOO)c(N=Nc4cccc(SC#COOS(=O)(=O)O)c4)c(N)c3c2O)cc1)N=O.O. The van der Waals surface area contributed by atoms with Gasteiger partial charge >= 0.3 is 10.4 Å². The summed E-state index contributed by atoms with van der Waals surface area (Å²) in [6.07, 6.45) is 1.88. The summed E-state index contributed by atoms with van der Waals surface area (Å²) in [5, 5.41) is 45.2. The molecule has 0 unspecified atom stereocenters. The first-order valence-corrected chi connectivity index (χ1v) is 20.0. The van der Waals surface area contributed by atoms with Crippen molar-refractivity contribution in [1.29, 1.82) is 0 Å². The molecule has 0 saturated heterocycles. The van der Waals surface area contributed by atoms with Gasteiger partial charge in [-0.2, -0.15) is 27.1 Å². The molecule has 0 radical (unpaired) electrons. The monoisotopic (exact) mass is 863 g/mol. The van der Waals surface area contributed by atoms with Crippen LogP contribution in [0.3, 0.4) is 0 Å². The molecule has 28 heteroatoms. The molecule has 0 atom stereocenters. The molecule has 0 aliphatic heterocycles. The Hall–Kier alpha value is -5.03. The molecule has 0 aliphatic carbocycles. The third-order valence-corrected chi connectivity index (χ3v) is 10.6. The van der Waals surface area contributed by atoms with Crippen molar-refractivity contribution < 1.29 is 68.8 Å². The molecule has 55 heavy (non-hydrogen) atoms. The van der Waals surface area contributed by atoms with E-state index in [1.807, 2.05) is 6.11 Å². The summed E-state index contributed by atoms with van der Waals surface area (Å²) in [7, 11) is -12.5. The van der Waals surface area contributed by atoms with E-state index in [1.54, 1.807) is 12.1 Å². The van der Waals surface area contributed by atoms with Gasteiger partial charge in [-0.25, -0.2) is 13.7 Å². The first-order chi connectivity index (χ1) is 25.4. The Balaban J connectivity index is 0.00000812. The van der Waals surface area contributed by atoms with Gasteiger partial charge in [-0.3, -0.25) is 19.0 Å². The maximum absolute atomic E-state index is 12.6. The Labute approximate surface area is 319 Å². The molecular formula is C27H25N7O16S5. The highest BCUT2D eigenvalue weighted by Crippen LogP contribution is 2.49. The van der Waals surface area contributed by atoms with E-state index in [-0.39, 0.29) is 55.3 Å². The first kappa shape index (κ1) is 44.4. The summed E-state index contributed by atoms with van der Waals surface area (Å²) in [5.41, 5.74) is 5.33. The van der Waals surface area contributed by atoms with Crippen molar-refractivity contribution in [3.8, 4) is 17.1 Å². The van der Waals surface area contributed by atoms with Crippen molar-refractivity contribution in [3.63, 3.8) is 0 Å². The summed E-state index contributed by atoms with van der Waals surface area (Å²) in [6.45, 7) is -0.165. The topological polar surface area (TPSA) is 360 Å². The van der Waals surface area contributed by atoms with Crippen LogP contribution in [-0.4, -0.2) is 74.6 Å². The Kier molecular flexibility index (Phi) is 15.3. The van der Waals surface area contributed by atoms with E-state index >= 15 is 0 Å². The second kappa shape index (κ2) is 19.0. The molecule has 294 valence electrons. The highest BCUT2D eigenvalue weighted by atomic mass is 32.3. The number of azo groups is 2. The van der Waals surface area contributed by atoms with Gasteiger partial charge < -0.3 is 16.3 Å². The van der Waals surface area contributed by atoms with Crippen molar-refractivity contribution in [2.24, 2.45) is 25.7 Å². The molecule has 4 aromatic rings. The second-order valence-corrected chi connectivity index (χ2v) is 16.2. The fourth-order valence-corrected chi connectivity index (χ4v) is 7.23. The Morgan fingerprint density at radius 3 is 2.22 bits per heavy atom. The van der Waals surface area contributed by atoms with Gasteiger partial charge in [0.15, 0.2) is 21.7 Å². The number of phenols is 1. The Morgan fingerprint density at radius 2 is 1.58 bits per heavy atom. The Bertz CT molecular complexity index is 2510. The zero-order chi connectivity index (χ0) is 39.7. The lowest BCUT2D eigenvalue weighted by Gasteiger charge is -2.14. The van der Waals surface area contributed by atoms with Crippen LogP contribution < -0.4 is 5.73 Å². The molecule has 0 fully saturated rings. The summed E-state index contributed by atoms with van der Waals surface area (Å²) in [4.78, 5) is 14.0. The van der Waals surface area contributed by atoms with E-state index in [1.165, 1.54) is 49.5 Å². The molecule has 0 amide bonds. The predicted octanol–water partition coefficient (Wildman–Crippen LogP) is 4.96. The van der Waals surface area contributed by atoms with Crippen LogP contribution in [0.15, 0.2) is 106 Å². The number of fused-ring (bicyclic) bond motifs is 1. The van der Waals surface area contributed by atoms with Gasteiger partial charge in [-0.05, 0) is 76.1 Å². The van der Waals surface area contributed by atoms with E-state index in [0.29, 0.717) is 16.9 Å². The summed E-state index contributed by atoms with van der Waals surface area (Å²) in [5.74, 6) is -1.30. The molecule has 0 spiro atoms. The van der Waals surface area contributed by atoms with E-state index in [0.717, 1.165) is 22.8 Å². The summed E-state index contributed by atoms with van der Waals surface area (Å²) in [6, 6.07) is 13.1. The molecule has 0 heterocycles. The van der Waals surface area contributed by atoms with Crippen LogP contribution in [0, 0.1) is 16.3 Å². The van der Waals surface area contributed by atoms with Gasteiger partial charge in [0.2, 0.25) is 0 Å². The van der Waals surface area contributed by atoms with Gasteiger partial charge in [0.1, 0.15) is 16.3 Å². The average molecular weight is 864 g/mol. The number of hydrogen-bond donors (Lipinski definition) is 5. The van der Waals surface area contributed by atoms with Crippen LogP contribution in [0.25, 0.3) is 10.8 Å². The van der Waals surface area contributed by atoms with Gasteiger partial charge in [0, 0.05) is 17.2 Å². The van der Waals surface area contributed by atoms with E-state index in [9.17, 15) is 39.8 Å². The number of nitrogens with two attached hydrogens (primary N) is 1. The molecule has 0 saturated carbocycles. The quantitative estimate of drug-likeness (QED) is 0.0114. The zero-order valence-electron chi connectivity index (χ0n) is 27.3. The normalized spacial score (nSPS) is 12.0. The smallest absolute Gasteiger partial charge is 0.433 e. The number of aromatic hydroxyl groups is 1. The number of phenolic OH excluding ortho intramolecular Hbond substituents is 1. The van der Waals surface area contributed by atoms with Gasteiger partial charge in [-0.15, -0.1) is 19.5 Å². The van der Waals surface area contributed by atoms with Crippen molar-refractivity contribution in [2.75, 3.05) is 25.1 Å². The standard InChI is InChI=1S/C27H23N7O15S5.H2O/c1-34(33-36)9-12-52(38,39)20-7-5-17(6-8-20)29-32-26-22(53(40,41)42)14-16-13-21(51-48-47-37)25(24(28)23(16)27(26)35)31-30-18-3-2-4-19(15-18)50-11-10-46-49-54(43,44)45;/h2-8,13-15,35,37H,9,12,28H2,1H3,(H,40,41,42)(H,43,44,45);1H2. The van der Waals surface area contributed by atoms with Gasteiger partial charge in [0.05, 0.1) is 61.9 Å². The fraction of sp³-hybridized carbons (Fsp3) is 0.111. The molecule has 23 nitrogen and oxygen atoms in total. The third kappa shape index (κ3) is 12.2. The molecule has 4 rings (SSSR count). The maximum Gasteiger partial charge on any atom is 0.433 e. The highest BCUT2D eigenvalue weighted by Gasteiger charge is 2.26. The maximum atomic E-state index is 12.6. The van der Waals surface area contributed by atoms with Crippen LogP contribution in [-0.2, 0) is 48.9 Å². The second-order valence-electron chi connectivity index (χ2n) is 10.1. The van der Waals surface area contributed by atoms with Crippen LogP contribution in [0.1, 0.15) is 0 Å². The largest absolute Gasteiger partial charge is 0.505 e. The number of anilines is 1. The number of sulfone groups is 1. The van der Waals surface area contributed by atoms with Crippen LogP contribution >= 0.6 is 23.8 Å². The molecular weight excluding hydrogens is 839 g/mol. The molecule has 0 aromatic heterocycles. The van der Waals surface area contributed by atoms with Crippen molar-refractivity contribution in [1.82, 2.24) is 5.01 Å². The third-order valence-electron chi connectivity index (χ3n) is 6.49. The van der Waals surface area contributed by atoms with Crippen LogP contribution in [0.2, 0.25) is 0 Å². The fourth-order valence-electron chi connectivity index (χ4n) is 4.14. The lowest BCUT2D eigenvalue weighted by Crippen LogP contribution is -2.20. The van der Waals surface area contributed by atoms with E-state index in [4.69, 9.17) is 15.5 Å². The van der Waals surface area contributed by atoms with Crippen molar-refractivity contribution in [2.45, 2.75) is 19.6 Å². The molecule has 0 bridgehead atoms. The minimum Gasteiger partial charge on any atom is -0.505 e. The average Bonchev–Trinajstić information content (AvgIpc) is 3.11. The molecule has 8 N–H and O–H groups in total. The number of nitrogen functional groups attached to an aromatic ring is 1.